The fraction of sp³-hybridized carbons (Fsp3) is 0.214. The van der Waals surface area contributed by atoms with Crippen LogP contribution in [0.1, 0.15) is 42.9 Å². The Bertz CT molecular complexity index is 820. The molecule has 0 N–H and O–H groups in total. The molecule has 2 heteroatoms. The van der Waals surface area contributed by atoms with Crippen molar-refractivity contribution in [2.24, 2.45) is 0 Å². The molecule has 0 aliphatic rings. The molecule has 1 atom stereocenters. The van der Waals surface area contributed by atoms with Crippen molar-refractivity contribution in [2.45, 2.75) is 37.9 Å². The van der Waals surface area contributed by atoms with Crippen molar-refractivity contribution in [1.29, 1.82) is 0 Å². The van der Waals surface area contributed by atoms with Crippen LogP contribution in [0, 0.1) is 0 Å². The highest BCUT2D eigenvalue weighted by molar-refractivity contribution is 14.1. The Morgan fingerprint density at radius 3 is 1.63 bits per heavy atom. The Hall–Kier alpha value is -2.17. The lowest BCUT2D eigenvalue weighted by Gasteiger charge is -2.38. The molecule has 0 saturated carbocycles. The fourth-order valence-corrected chi connectivity index (χ4v) is 4.01. The minimum absolute atomic E-state index is 0.0387. The molecule has 0 aliphatic carbocycles. The van der Waals surface area contributed by atoms with Gasteiger partial charge in [0.1, 0.15) is 5.60 Å². The maximum atomic E-state index is 7.10. The minimum atomic E-state index is -0.690. The van der Waals surface area contributed by atoms with Crippen LogP contribution in [-0.4, -0.2) is 6.10 Å². The Balaban J connectivity index is 2.19. The van der Waals surface area contributed by atoms with Gasteiger partial charge in [0, 0.05) is 0 Å². The van der Waals surface area contributed by atoms with Crippen LogP contribution in [-0.2, 0) is 10.3 Å². The van der Waals surface area contributed by atoms with Gasteiger partial charge in [0.05, 0.1) is 6.10 Å². The topological polar surface area (TPSA) is 9.23 Å². The van der Waals surface area contributed by atoms with E-state index in [0.29, 0.717) is 0 Å². The summed E-state index contributed by atoms with van der Waals surface area (Å²) in [6, 6.07) is 31.7. The molecule has 154 valence electrons. The molecule has 3 aromatic carbocycles. The van der Waals surface area contributed by atoms with Crippen LogP contribution >= 0.6 is 22.6 Å². The first-order valence-electron chi connectivity index (χ1n) is 10.6. The van der Waals surface area contributed by atoms with E-state index in [4.69, 9.17) is 4.74 Å². The number of unbranched alkanes of at least 4 members (excludes halogenated alkanes) is 1. The lowest BCUT2D eigenvalue weighted by atomic mass is 9.80. The third kappa shape index (κ3) is 5.50. The lowest BCUT2D eigenvalue weighted by molar-refractivity contribution is -0.0229. The summed E-state index contributed by atoms with van der Waals surface area (Å²) in [4.78, 5) is 0. The predicted octanol–water partition coefficient (Wildman–Crippen LogP) is 8.06. The molecule has 0 saturated heterocycles. The summed E-state index contributed by atoms with van der Waals surface area (Å²) >= 11 is 2.28. The second-order valence-electron chi connectivity index (χ2n) is 7.25. The molecule has 0 spiro atoms. The van der Waals surface area contributed by atoms with Crippen LogP contribution in [0.5, 0.6) is 0 Å². The SMILES string of the molecule is CCCC=CC(CC=CI)OC(c1ccccc1)(c1ccccc1)c1ccccc1. The van der Waals surface area contributed by atoms with E-state index >= 15 is 0 Å². The van der Waals surface area contributed by atoms with Crippen LogP contribution in [0.2, 0.25) is 0 Å². The van der Waals surface area contributed by atoms with Crippen molar-refractivity contribution in [3.63, 3.8) is 0 Å². The van der Waals surface area contributed by atoms with E-state index < -0.39 is 5.60 Å². The number of allylic oxidation sites excluding steroid dienone is 1. The van der Waals surface area contributed by atoms with Crippen molar-refractivity contribution in [3.8, 4) is 0 Å². The predicted molar refractivity (Wildman–Crippen MR) is 136 cm³/mol. The molecule has 0 fully saturated rings. The molecule has 0 bridgehead atoms. The van der Waals surface area contributed by atoms with Crippen molar-refractivity contribution >= 4 is 22.6 Å². The van der Waals surface area contributed by atoms with Gasteiger partial charge >= 0.3 is 0 Å². The molecule has 1 nitrogen and oxygen atoms in total. The van der Waals surface area contributed by atoms with Crippen molar-refractivity contribution in [2.75, 3.05) is 0 Å². The van der Waals surface area contributed by atoms with Crippen molar-refractivity contribution in [1.82, 2.24) is 0 Å². The highest BCUT2D eigenvalue weighted by Crippen LogP contribution is 2.41. The largest absolute Gasteiger partial charge is 0.353 e. The number of ether oxygens (including phenoxy) is 1. The second-order valence-corrected chi connectivity index (χ2v) is 7.97. The maximum absolute atomic E-state index is 7.10. The molecule has 3 rings (SSSR count). The molecule has 0 radical (unpaired) electrons. The monoisotopic (exact) mass is 508 g/mol. The van der Waals surface area contributed by atoms with E-state index in [2.05, 4.69) is 143 Å². The number of halogens is 1. The van der Waals surface area contributed by atoms with Gasteiger partial charge in [-0.05, 0) is 33.6 Å². The molecular formula is C28H29IO. The van der Waals surface area contributed by atoms with Crippen molar-refractivity contribution < 1.29 is 4.74 Å². The zero-order valence-corrected chi connectivity index (χ0v) is 19.6. The number of rotatable bonds is 10. The average Bonchev–Trinajstić information content (AvgIpc) is 2.82. The van der Waals surface area contributed by atoms with Crippen molar-refractivity contribution in [3.05, 3.63) is 130 Å². The van der Waals surface area contributed by atoms with E-state index in [9.17, 15) is 0 Å². The average molecular weight is 508 g/mol. The van der Waals surface area contributed by atoms with Gasteiger partial charge in [0.2, 0.25) is 0 Å². The van der Waals surface area contributed by atoms with Gasteiger partial charge in [-0.3, -0.25) is 0 Å². The number of hydrogen-bond donors (Lipinski definition) is 0. The smallest absolute Gasteiger partial charge is 0.144 e. The maximum Gasteiger partial charge on any atom is 0.144 e. The lowest BCUT2D eigenvalue weighted by Crippen LogP contribution is -2.36. The number of benzene rings is 3. The third-order valence-corrected chi connectivity index (χ3v) is 5.64. The zero-order valence-electron chi connectivity index (χ0n) is 17.5. The summed E-state index contributed by atoms with van der Waals surface area (Å²) in [6.45, 7) is 2.20. The van der Waals surface area contributed by atoms with Gasteiger partial charge in [-0.25, -0.2) is 0 Å². The van der Waals surface area contributed by atoms with Crippen LogP contribution in [0.3, 0.4) is 0 Å². The summed E-state index contributed by atoms with van der Waals surface area (Å²) in [5.41, 5.74) is 2.71. The van der Waals surface area contributed by atoms with Gasteiger partial charge in [-0.15, -0.1) is 0 Å². The highest BCUT2D eigenvalue weighted by Gasteiger charge is 2.39. The molecule has 30 heavy (non-hydrogen) atoms. The Morgan fingerprint density at radius 2 is 1.23 bits per heavy atom. The number of hydrogen-bond acceptors (Lipinski definition) is 1. The van der Waals surface area contributed by atoms with E-state index in [0.717, 1.165) is 36.0 Å². The van der Waals surface area contributed by atoms with E-state index in [1.54, 1.807) is 0 Å². The van der Waals surface area contributed by atoms with Gasteiger partial charge < -0.3 is 4.74 Å². The van der Waals surface area contributed by atoms with E-state index in [-0.39, 0.29) is 6.10 Å². The second kappa shape index (κ2) is 11.9. The summed E-state index contributed by atoms with van der Waals surface area (Å²) < 4.78 is 9.17. The molecule has 0 aliphatic heterocycles. The minimum Gasteiger partial charge on any atom is -0.353 e. The quantitative estimate of drug-likeness (QED) is 0.153. The van der Waals surface area contributed by atoms with Gasteiger partial charge in [0.25, 0.3) is 0 Å². The Kier molecular flexibility index (Phi) is 8.91. The summed E-state index contributed by atoms with van der Waals surface area (Å²) in [5, 5.41) is 0. The third-order valence-electron chi connectivity index (χ3n) is 5.13. The van der Waals surface area contributed by atoms with Gasteiger partial charge in [0.15, 0.2) is 0 Å². The van der Waals surface area contributed by atoms with Gasteiger partial charge in [-0.2, -0.15) is 0 Å². The summed E-state index contributed by atoms with van der Waals surface area (Å²) in [5.74, 6) is 0. The first kappa shape index (κ1) is 22.5. The fourth-order valence-electron chi connectivity index (χ4n) is 3.72. The van der Waals surface area contributed by atoms with Crippen LogP contribution in [0.15, 0.2) is 113 Å². The summed E-state index contributed by atoms with van der Waals surface area (Å²) in [7, 11) is 0. The summed E-state index contributed by atoms with van der Waals surface area (Å²) in [6.07, 6.45) is 9.63. The molecule has 0 amide bonds. The van der Waals surface area contributed by atoms with E-state index in [1.165, 1.54) is 0 Å². The van der Waals surface area contributed by atoms with Crippen LogP contribution in [0.4, 0.5) is 0 Å². The first-order chi connectivity index (χ1) is 14.8. The van der Waals surface area contributed by atoms with Crippen LogP contribution < -0.4 is 0 Å². The molecule has 0 aromatic heterocycles. The van der Waals surface area contributed by atoms with Crippen LogP contribution in [0.25, 0.3) is 0 Å². The Morgan fingerprint density at radius 1 is 0.767 bits per heavy atom. The molecular weight excluding hydrogens is 479 g/mol. The zero-order chi connectivity index (χ0) is 21.1. The Labute approximate surface area is 194 Å². The molecule has 1 unspecified atom stereocenters. The first-order valence-corrected chi connectivity index (χ1v) is 11.8. The normalized spacial score (nSPS) is 13.1. The molecule has 0 heterocycles. The van der Waals surface area contributed by atoms with E-state index in [1.807, 2.05) is 0 Å². The molecule has 3 aromatic rings. The standard InChI is InChI=1S/C28H29IO/c1-2-3-7-21-27(22-14-23-29)30-28(24-15-8-4-9-16-24,25-17-10-5-11-18-25)26-19-12-6-13-20-26/h4-21,23,27H,2-3,22H2,1H3. The van der Waals surface area contributed by atoms with Gasteiger partial charge in [-0.1, -0.05) is 145 Å². The highest BCUT2D eigenvalue weighted by atomic mass is 127.